The largest absolute Gasteiger partial charge is 0.356 e. The summed E-state index contributed by atoms with van der Waals surface area (Å²) in [6.07, 6.45) is 10.9. The lowest BCUT2D eigenvalue weighted by molar-refractivity contribution is -0.122. The molecule has 2 atom stereocenters. The molecule has 1 rings (SSSR count). The zero-order valence-corrected chi connectivity index (χ0v) is 17.9. The normalized spacial score (nSPS) is 20.2. The lowest BCUT2D eigenvalue weighted by Crippen LogP contribution is -2.29. The molecule has 0 aromatic rings. The smallest absolute Gasteiger partial charge is 0.220 e. The summed E-state index contributed by atoms with van der Waals surface area (Å²) >= 11 is 2.09. The Kier molecular flexibility index (Phi) is 12.8. The first-order valence-electron chi connectivity index (χ1n) is 10.2. The van der Waals surface area contributed by atoms with Gasteiger partial charge in [0.1, 0.15) is 0 Å². The second-order valence-corrected chi connectivity index (χ2v) is 9.29. The molecule has 1 aliphatic rings. The highest BCUT2D eigenvalue weighted by atomic mass is 32.2. The van der Waals surface area contributed by atoms with Crippen LogP contribution in [0.1, 0.15) is 57.8 Å². The fourth-order valence-corrected chi connectivity index (χ4v) is 4.98. The van der Waals surface area contributed by atoms with Crippen molar-refractivity contribution in [3.05, 3.63) is 0 Å². The van der Waals surface area contributed by atoms with Crippen molar-refractivity contribution in [2.45, 2.75) is 63.0 Å². The molecule has 0 radical (unpaired) electrons. The Bertz CT molecular complexity index is 393. The minimum absolute atomic E-state index is 0.231. The summed E-state index contributed by atoms with van der Waals surface area (Å²) in [4.78, 5) is 26.6. The number of carbonyl (C=O) groups is 2. The lowest BCUT2D eigenvalue weighted by Gasteiger charge is -2.28. The summed E-state index contributed by atoms with van der Waals surface area (Å²) < 4.78 is 0. The van der Waals surface area contributed by atoms with Gasteiger partial charge in [-0.3, -0.25) is 9.59 Å². The van der Waals surface area contributed by atoms with Gasteiger partial charge in [0.2, 0.25) is 12.3 Å². The predicted molar refractivity (Wildman–Crippen MR) is 112 cm³/mol. The Labute approximate surface area is 164 Å². The summed E-state index contributed by atoms with van der Waals surface area (Å²) in [6, 6.07) is 0. The van der Waals surface area contributed by atoms with Crippen LogP contribution in [0.3, 0.4) is 0 Å². The third kappa shape index (κ3) is 11.8. The van der Waals surface area contributed by atoms with E-state index in [1.165, 1.54) is 31.4 Å². The van der Waals surface area contributed by atoms with Gasteiger partial charge in [-0.05, 0) is 52.1 Å². The lowest BCUT2D eigenvalue weighted by atomic mass is 9.86. The Balaban J connectivity index is 2.04. The molecule has 6 heteroatoms. The quantitative estimate of drug-likeness (QED) is 0.369. The van der Waals surface area contributed by atoms with Crippen LogP contribution in [0.15, 0.2) is 0 Å². The van der Waals surface area contributed by atoms with Crippen LogP contribution in [0.5, 0.6) is 0 Å². The molecule has 0 aromatic heterocycles. The first-order valence-corrected chi connectivity index (χ1v) is 11.2. The van der Waals surface area contributed by atoms with Crippen molar-refractivity contribution in [1.82, 2.24) is 15.1 Å². The van der Waals surface area contributed by atoms with Gasteiger partial charge in [0, 0.05) is 44.1 Å². The molecule has 0 saturated heterocycles. The molecule has 0 heterocycles. The van der Waals surface area contributed by atoms with Crippen molar-refractivity contribution in [3.8, 4) is 0 Å². The van der Waals surface area contributed by atoms with E-state index >= 15 is 0 Å². The molecular weight excluding hydrogens is 346 g/mol. The van der Waals surface area contributed by atoms with Gasteiger partial charge < -0.3 is 15.1 Å². The van der Waals surface area contributed by atoms with Crippen LogP contribution in [0.25, 0.3) is 0 Å². The summed E-state index contributed by atoms with van der Waals surface area (Å²) in [7, 11) is 6.06. The van der Waals surface area contributed by atoms with E-state index in [0.717, 1.165) is 57.0 Å². The second-order valence-electron chi connectivity index (χ2n) is 7.88. The van der Waals surface area contributed by atoms with E-state index < -0.39 is 0 Å². The molecule has 1 aliphatic carbocycles. The molecule has 0 aromatic carbocycles. The molecule has 0 aliphatic heterocycles. The van der Waals surface area contributed by atoms with E-state index in [-0.39, 0.29) is 5.91 Å². The minimum atomic E-state index is 0.231. The number of rotatable bonds is 14. The Morgan fingerprint density at radius 2 is 1.88 bits per heavy atom. The van der Waals surface area contributed by atoms with Gasteiger partial charge in [-0.1, -0.05) is 19.3 Å². The summed E-state index contributed by atoms with van der Waals surface area (Å²) in [5.41, 5.74) is 0. The number of amides is 2. The number of nitrogens with zero attached hydrogens (tertiary/aromatic N) is 2. The fraction of sp³-hybridized carbons (Fsp3) is 0.900. The molecule has 26 heavy (non-hydrogen) atoms. The first-order chi connectivity index (χ1) is 12.5. The van der Waals surface area contributed by atoms with Crippen LogP contribution in [0.2, 0.25) is 0 Å². The SMILES string of the molecule is CN(C)CCSC1CCCC(CC(=O)NCCCCCCN(C)C=O)C1. The van der Waals surface area contributed by atoms with Crippen LogP contribution < -0.4 is 5.32 Å². The molecule has 5 nitrogen and oxygen atoms in total. The molecule has 2 amide bonds. The van der Waals surface area contributed by atoms with Crippen LogP contribution in [-0.2, 0) is 9.59 Å². The topological polar surface area (TPSA) is 52.7 Å². The first kappa shape index (κ1) is 23.3. The number of hydrogen-bond acceptors (Lipinski definition) is 4. The maximum absolute atomic E-state index is 12.2. The zero-order valence-electron chi connectivity index (χ0n) is 17.0. The van der Waals surface area contributed by atoms with E-state index in [2.05, 4.69) is 36.1 Å². The van der Waals surface area contributed by atoms with Crippen molar-refractivity contribution in [1.29, 1.82) is 0 Å². The highest BCUT2D eigenvalue weighted by Gasteiger charge is 2.24. The van der Waals surface area contributed by atoms with Crippen molar-refractivity contribution in [2.24, 2.45) is 5.92 Å². The van der Waals surface area contributed by atoms with Gasteiger partial charge in [0.05, 0.1) is 0 Å². The standard InChI is InChI=1S/C20H39N3O2S/c1-22(2)13-14-26-19-10-8-9-18(15-19)16-20(25)21-11-6-4-5-7-12-23(3)17-24/h17-19H,4-16H2,1-3H3,(H,21,25). The maximum atomic E-state index is 12.2. The van der Waals surface area contributed by atoms with Gasteiger partial charge in [-0.25, -0.2) is 0 Å². The van der Waals surface area contributed by atoms with Gasteiger partial charge in [-0.2, -0.15) is 11.8 Å². The van der Waals surface area contributed by atoms with Gasteiger partial charge >= 0.3 is 0 Å². The fourth-order valence-electron chi connectivity index (χ4n) is 3.44. The van der Waals surface area contributed by atoms with E-state index in [1.54, 1.807) is 4.90 Å². The average Bonchev–Trinajstić information content (AvgIpc) is 2.60. The second kappa shape index (κ2) is 14.3. The number of unbranched alkanes of at least 4 members (excludes halogenated alkanes) is 3. The predicted octanol–water partition coefficient (Wildman–Crippen LogP) is 2.99. The Morgan fingerprint density at radius 3 is 2.62 bits per heavy atom. The van der Waals surface area contributed by atoms with Crippen LogP contribution >= 0.6 is 11.8 Å². The third-order valence-corrected chi connectivity index (χ3v) is 6.36. The van der Waals surface area contributed by atoms with Gasteiger partial charge in [0.25, 0.3) is 0 Å². The molecule has 1 fully saturated rings. The summed E-state index contributed by atoms with van der Waals surface area (Å²) in [6.45, 7) is 2.75. The molecule has 2 unspecified atom stereocenters. The molecule has 0 spiro atoms. The molecule has 0 bridgehead atoms. The Morgan fingerprint density at radius 1 is 1.12 bits per heavy atom. The summed E-state index contributed by atoms with van der Waals surface area (Å²) in [5, 5.41) is 3.84. The zero-order chi connectivity index (χ0) is 19.2. The molecule has 1 N–H and O–H groups in total. The highest BCUT2D eigenvalue weighted by Crippen LogP contribution is 2.33. The van der Waals surface area contributed by atoms with Crippen molar-refractivity contribution in [2.75, 3.05) is 46.5 Å². The van der Waals surface area contributed by atoms with Crippen LogP contribution in [0.4, 0.5) is 0 Å². The maximum Gasteiger partial charge on any atom is 0.220 e. The number of nitrogens with one attached hydrogen (secondary N) is 1. The van der Waals surface area contributed by atoms with E-state index in [0.29, 0.717) is 12.3 Å². The van der Waals surface area contributed by atoms with Crippen LogP contribution in [0, 0.1) is 5.92 Å². The van der Waals surface area contributed by atoms with E-state index in [9.17, 15) is 9.59 Å². The molecule has 1 saturated carbocycles. The third-order valence-electron chi connectivity index (χ3n) is 5.04. The average molecular weight is 386 g/mol. The van der Waals surface area contributed by atoms with Crippen molar-refractivity contribution < 1.29 is 9.59 Å². The number of thioether (sulfide) groups is 1. The minimum Gasteiger partial charge on any atom is -0.356 e. The number of hydrogen-bond donors (Lipinski definition) is 1. The van der Waals surface area contributed by atoms with Crippen molar-refractivity contribution in [3.63, 3.8) is 0 Å². The van der Waals surface area contributed by atoms with Gasteiger partial charge in [0.15, 0.2) is 0 Å². The van der Waals surface area contributed by atoms with Crippen molar-refractivity contribution >= 4 is 24.1 Å². The van der Waals surface area contributed by atoms with E-state index in [4.69, 9.17) is 0 Å². The Hall–Kier alpha value is -0.750. The number of carbonyl (C=O) groups excluding carboxylic acids is 2. The molecule has 152 valence electrons. The van der Waals surface area contributed by atoms with Crippen LogP contribution in [-0.4, -0.2) is 73.9 Å². The van der Waals surface area contributed by atoms with Gasteiger partial charge in [-0.15, -0.1) is 0 Å². The highest BCUT2D eigenvalue weighted by molar-refractivity contribution is 7.99. The summed E-state index contributed by atoms with van der Waals surface area (Å²) in [5.74, 6) is 1.99. The molecular formula is C20H39N3O2S. The van der Waals surface area contributed by atoms with E-state index in [1.807, 2.05) is 7.05 Å². The monoisotopic (exact) mass is 385 g/mol.